The van der Waals surface area contributed by atoms with Gasteiger partial charge in [-0.05, 0) is 29.8 Å². The van der Waals surface area contributed by atoms with Gasteiger partial charge in [-0.15, -0.1) is 24.8 Å². The van der Waals surface area contributed by atoms with Crippen LogP contribution in [0.2, 0.25) is 0 Å². The zero-order chi connectivity index (χ0) is 17.5. The van der Waals surface area contributed by atoms with Crippen molar-refractivity contribution in [3.63, 3.8) is 0 Å². The normalized spacial score (nSPS) is 15.7. The summed E-state index contributed by atoms with van der Waals surface area (Å²) in [7, 11) is 1.58. The lowest BCUT2D eigenvalue weighted by molar-refractivity contribution is -0.120. The number of pyridine rings is 1. The molecule has 148 valence electrons. The molecule has 1 amide bonds. The largest absolute Gasteiger partial charge is 0.493 e. The van der Waals surface area contributed by atoms with E-state index in [2.05, 4.69) is 15.6 Å². The number of carbonyl (C=O) groups excluding carboxylic acids is 1. The highest BCUT2D eigenvalue weighted by atomic mass is 35.5. The number of nitrogens with one attached hydrogen (secondary N) is 2. The number of hydrogen-bond donors (Lipinski definition) is 2. The second-order valence-corrected chi connectivity index (χ2v) is 5.58. The van der Waals surface area contributed by atoms with Crippen molar-refractivity contribution >= 4 is 36.4 Å². The van der Waals surface area contributed by atoms with E-state index < -0.39 is 0 Å². The topological polar surface area (TPSA) is 81.7 Å². The second kappa shape index (κ2) is 11.6. The smallest absolute Gasteiger partial charge is 0.243 e. The summed E-state index contributed by atoms with van der Waals surface area (Å²) in [4.78, 5) is 16.3. The van der Waals surface area contributed by atoms with Crippen molar-refractivity contribution in [2.24, 2.45) is 0 Å². The van der Waals surface area contributed by atoms with Gasteiger partial charge in [0.1, 0.15) is 12.6 Å². The molecule has 0 bridgehead atoms. The van der Waals surface area contributed by atoms with Crippen molar-refractivity contribution in [2.75, 3.05) is 32.2 Å². The molecular formula is C18H23Cl2N3O4. The first kappa shape index (κ1) is 23.0. The molecule has 27 heavy (non-hydrogen) atoms. The number of morpholine rings is 1. The van der Waals surface area contributed by atoms with Gasteiger partial charge < -0.3 is 24.8 Å². The first-order valence-electron chi connectivity index (χ1n) is 8.08. The van der Waals surface area contributed by atoms with E-state index in [4.69, 9.17) is 14.2 Å². The molecular weight excluding hydrogens is 393 g/mol. The lowest BCUT2D eigenvalue weighted by atomic mass is 10.2. The highest BCUT2D eigenvalue weighted by Gasteiger charge is 2.21. The number of carbonyl (C=O) groups is 1. The fourth-order valence-electron chi connectivity index (χ4n) is 2.47. The molecule has 0 saturated carbocycles. The molecule has 0 spiro atoms. The number of methoxy groups -OCH3 is 1. The van der Waals surface area contributed by atoms with Crippen LogP contribution >= 0.6 is 24.8 Å². The van der Waals surface area contributed by atoms with Crippen molar-refractivity contribution in [1.29, 1.82) is 0 Å². The van der Waals surface area contributed by atoms with Crippen LogP contribution in [-0.2, 0) is 16.1 Å². The van der Waals surface area contributed by atoms with Crippen LogP contribution in [0.25, 0.3) is 0 Å². The van der Waals surface area contributed by atoms with Crippen molar-refractivity contribution in [1.82, 2.24) is 10.3 Å². The minimum atomic E-state index is -0.350. The van der Waals surface area contributed by atoms with Gasteiger partial charge >= 0.3 is 0 Å². The molecule has 2 N–H and O–H groups in total. The predicted molar refractivity (Wildman–Crippen MR) is 107 cm³/mol. The molecule has 2 aromatic rings. The quantitative estimate of drug-likeness (QED) is 0.753. The molecule has 2 heterocycles. The monoisotopic (exact) mass is 415 g/mol. The molecule has 0 radical (unpaired) electrons. The van der Waals surface area contributed by atoms with E-state index in [0.717, 1.165) is 5.56 Å². The predicted octanol–water partition coefficient (Wildman–Crippen LogP) is 2.44. The Kier molecular flexibility index (Phi) is 9.88. The molecule has 0 aliphatic carbocycles. The standard InChI is InChI=1S/C18H21N3O4.2ClH/c1-23-16-3-2-14(21-18(22)15-12-24-9-8-20-15)10-17(16)25-11-13-4-6-19-7-5-13;;/h2-7,10,15,20H,8-9,11-12H2,1H3,(H,21,22);2*1H. The van der Waals surface area contributed by atoms with E-state index >= 15 is 0 Å². The number of aromatic nitrogens is 1. The average Bonchev–Trinajstić information content (AvgIpc) is 2.68. The van der Waals surface area contributed by atoms with Crippen LogP contribution in [0.5, 0.6) is 11.5 Å². The minimum Gasteiger partial charge on any atom is -0.493 e. The molecule has 9 heteroatoms. The van der Waals surface area contributed by atoms with Gasteiger partial charge in [-0.25, -0.2) is 0 Å². The van der Waals surface area contributed by atoms with Crippen LogP contribution in [0.15, 0.2) is 42.7 Å². The summed E-state index contributed by atoms with van der Waals surface area (Å²) in [5.74, 6) is 1.03. The number of rotatable bonds is 6. The third-order valence-corrected chi connectivity index (χ3v) is 3.81. The Morgan fingerprint density at radius 2 is 2.04 bits per heavy atom. The van der Waals surface area contributed by atoms with Crippen LogP contribution in [0.3, 0.4) is 0 Å². The number of ether oxygens (including phenoxy) is 3. The first-order chi connectivity index (χ1) is 12.3. The van der Waals surface area contributed by atoms with E-state index in [1.165, 1.54) is 0 Å². The summed E-state index contributed by atoms with van der Waals surface area (Å²) < 4.78 is 16.5. The summed E-state index contributed by atoms with van der Waals surface area (Å²) >= 11 is 0. The minimum absolute atomic E-state index is 0. The molecule has 1 saturated heterocycles. The van der Waals surface area contributed by atoms with Crippen molar-refractivity contribution in [3.8, 4) is 11.5 Å². The molecule has 1 aliphatic heterocycles. The maximum atomic E-state index is 12.3. The van der Waals surface area contributed by atoms with E-state index in [1.54, 1.807) is 37.7 Å². The zero-order valence-corrected chi connectivity index (χ0v) is 16.5. The Morgan fingerprint density at radius 3 is 2.70 bits per heavy atom. The lowest BCUT2D eigenvalue weighted by Crippen LogP contribution is -2.48. The van der Waals surface area contributed by atoms with Crippen LogP contribution in [-0.4, -0.2) is 43.8 Å². The Labute approximate surface area is 170 Å². The summed E-state index contributed by atoms with van der Waals surface area (Å²) in [6, 6.07) is 8.71. The third kappa shape index (κ3) is 6.55. The average molecular weight is 416 g/mol. The summed E-state index contributed by atoms with van der Waals surface area (Å²) in [5, 5.41) is 6.00. The molecule has 1 unspecified atom stereocenters. The SMILES string of the molecule is COc1ccc(NC(=O)C2COCCN2)cc1OCc1ccncc1.Cl.Cl. The van der Waals surface area contributed by atoms with E-state index in [9.17, 15) is 4.79 Å². The van der Waals surface area contributed by atoms with E-state index in [1.807, 2.05) is 12.1 Å². The number of nitrogens with zero attached hydrogens (tertiary/aromatic N) is 1. The van der Waals surface area contributed by atoms with E-state index in [0.29, 0.717) is 43.6 Å². The lowest BCUT2D eigenvalue weighted by Gasteiger charge is -2.23. The summed E-state index contributed by atoms with van der Waals surface area (Å²) in [6.45, 7) is 2.04. The highest BCUT2D eigenvalue weighted by molar-refractivity contribution is 5.95. The molecule has 1 fully saturated rings. The molecule has 3 rings (SSSR count). The molecule has 1 aromatic heterocycles. The molecule has 1 aromatic carbocycles. The van der Waals surface area contributed by atoms with Crippen molar-refractivity contribution in [3.05, 3.63) is 48.3 Å². The number of amides is 1. The van der Waals surface area contributed by atoms with Crippen LogP contribution in [0.1, 0.15) is 5.56 Å². The molecule has 1 aliphatic rings. The molecule has 7 nitrogen and oxygen atoms in total. The Hall–Kier alpha value is -2.06. The Balaban J connectivity index is 0.00000182. The maximum absolute atomic E-state index is 12.3. The van der Waals surface area contributed by atoms with Crippen LogP contribution in [0, 0.1) is 0 Å². The van der Waals surface area contributed by atoms with E-state index in [-0.39, 0.29) is 36.8 Å². The van der Waals surface area contributed by atoms with Gasteiger partial charge in [0.2, 0.25) is 5.91 Å². The second-order valence-electron chi connectivity index (χ2n) is 5.58. The van der Waals surface area contributed by atoms with Crippen molar-refractivity contribution in [2.45, 2.75) is 12.6 Å². The van der Waals surface area contributed by atoms with Crippen molar-refractivity contribution < 1.29 is 19.0 Å². The maximum Gasteiger partial charge on any atom is 0.243 e. The summed E-state index contributed by atoms with van der Waals surface area (Å²) in [6.07, 6.45) is 3.43. The van der Waals surface area contributed by atoms with Gasteiger partial charge in [-0.3, -0.25) is 9.78 Å². The number of anilines is 1. The Bertz CT molecular complexity index is 713. The van der Waals surface area contributed by atoms with Gasteiger partial charge in [0.15, 0.2) is 11.5 Å². The number of benzene rings is 1. The van der Waals surface area contributed by atoms with Gasteiger partial charge in [-0.1, -0.05) is 0 Å². The van der Waals surface area contributed by atoms with Gasteiger partial charge in [-0.2, -0.15) is 0 Å². The fourth-order valence-corrected chi connectivity index (χ4v) is 2.47. The highest BCUT2D eigenvalue weighted by Crippen LogP contribution is 2.31. The van der Waals surface area contributed by atoms with Crippen LogP contribution < -0.4 is 20.1 Å². The van der Waals surface area contributed by atoms with Gasteiger partial charge in [0.25, 0.3) is 0 Å². The zero-order valence-electron chi connectivity index (χ0n) is 14.8. The first-order valence-corrected chi connectivity index (χ1v) is 8.08. The van der Waals surface area contributed by atoms with Crippen LogP contribution in [0.4, 0.5) is 5.69 Å². The Morgan fingerprint density at radius 1 is 1.26 bits per heavy atom. The summed E-state index contributed by atoms with van der Waals surface area (Å²) in [5.41, 5.74) is 1.64. The number of hydrogen-bond acceptors (Lipinski definition) is 6. The fraction of sp³-hybridized carbons (Fsp3) is 0.333. The van der Waals surface area contributed by atoms with Gasteiger partial charge in [0.05, 0.1) is 20.3 Å². The number of halogens is 2. The van der Waals surface area contributed by atoms with Gasteiger partial charge in [0, 0.05) is 30.7 Å². The third-order valence-electron chi connectivity index (χ3n) is 3.81. The molecule has 1 atom stereocenters.